The highest BCUT2D eigenvalue weighted by Gasteiger charge is 2.21. The zero-order valence-electron chi connectivity index (χ0n) is 18.3. The number of aromatic nitrogens is 1. The van der Waals surface area contributed by atoms with Crippen molar-refractivity contribution in [3.63, 3.8) is 0 Å². The summed E-state index contributed by atoms with van der Waals surface area (Å²) >= 11 is 0. The largest absolute Gasteiger partial charge is 0.489 e. The van der Waals surface area contributed by atoms with Crippen LogP contribution in [0.3, 0.4) is 0 Å². The monoisotopic (exact) mass is 442 g/mol. The number of para-hydroxylation sites is 2. The van der Waals surface area contributed by atoms with Crippen LogP contribution >= 0.6 is 0 Å². The second-order valence-corrected chi connectivity index (χ2v) is 8.10. The third kappa shape index (κ3) is 5.12. The van der Waals surface area contributed by atoms with E-state index in [1.165, 1.54) is 0 Å². The minimum absolute atomic E-state index is 0.0108. The van der Waals surface area contributed by atoms with Gasteiger partial charge in [0, 0.05) is 23.5 Å². The molecule has 0 saturated heterocycles. The molecule has 0 spiro atoms. The number of carbonyl (C=O) groups excluding carboxylic acids is 1. The van der Waals surface area contributed by atoms with E-state index in [4.69, 9.17) is 14.2 Å². The van der Waals surface area contributed by atoms with Crippen LogP contribution in [0.1, 0.15) is 17.5 Å². The number of aryl methyl sites for hydroxylation is 1. The van der Waals surface area contributed by atoms with Gasteiger partial charge in [-0.1, -0.05) is 42.5 Å². The maximum Gasteiger partial charge on any atom is 0.220 e. The van der Waals surface area contributed by atoms with Crippen LogP contribution in [0.25, 0.3) is 10.9 Å². The molecule has 1 aliphatic rings. The van der Waals surface area contributed by atoms with Gasteiger partial charge in [-0.25, -0.2) is 0 Å². The van der Waals surface area contributed by atoms with Crippen molar-refractivity contribution >= 4 is 16.8 Å². The lowest BCUT2D eigenvalue weighted by Gasteiger charge is -2.26. The molecule has 2 heterocycles. The summed E-state index contributed by atoms with van der Waals surface area (Å²) in [5, 5.41) is 4.04. The number of hydrogen-bond donors (Lipinski definition) is 2. The topological polar surface area (TPSA) is 72.6 Å². The van der Waals surface area contributed by atoms with Gasteiger partial charge in [-0.15, -0.1) is 0 Å². The number of carbonyl (C=O) groups is 1. The van der Waals surface area contributed by atoms with Crippen LogP contribution in [0.2, 0.25) is 0 Å². The van der Waals surface area contributed by atoms with E-state index >= 15 is 0 Å². The fourth-order valence-corrected chi connectivity index (χ4v) is 3.92. The highest BCUT2D eigenvalue weighted by Crippen LogP contribution is 2.30. The summed E-state index contributed by atoms with van der Waals surface area (Å²) in [4.78, 5) is 15.7. The van der Waals surface area contributed by atoms with Crippen molar-refractivity contribution in [2.24, 2.45) is 0 Å². The van der Waals surface area contributed by atoms with Gasteiger partial charge in [0.15, 0.2) is 11.5 Å². The summed E-state index contributed by atoms with van der Waals surface area (Å²) in [6.45, 7) is 1.36. The van der Waals surface area contributed by atoms with Gasteiger partial charge in [0.05, 0.1) is 6.54 Å². The first-order valence-corrected chi connectivity index (χ1v) is 11.2. The minimum atomic E-state index is -0.193. The van der Waals surface area contributed by atoms with Crippen molar-refractivity contribution < 1.29 is 19.0 Å². The number of ether oxygens (including phenoxy) is 3. The molecule has 1 aromatic heterocycles. The van der Waals surface area contributed by atoms with E-state index in [1.54, 1.807) is 0 Å². The van der Waals surface area contributed by atoms with Crippen LogP contribution in [0.5, 0.6) is 17.2 Å². The van der Waals surface area contributed by atoms with Gasteiger partial charge >= 0.3 is 0 Å². The molecule has 33 heavy (non-hydrogen) atoms. The zero-order valence-corrected chi connectivity index (χ0v) is 18.3. The molecule has 6 heteroatoms. The van der Waals surface area contributed by atoms with Crippen LogP contribution in [-0.4, -0.2) is 30.1 Å². The Bertz CT molecular complexity index is 1240. The molecule has 2 N–H and O–H groups in total. The second kappa shape index (κ2) is 9.69. The molecule has 5 rings (SSSR count). The summed E-state index contributed by atoms with van der Waals surface area (Å²) in [5.74, 6) is 2.26. The lowest BCUT2D eigenvalue weighted by molar-refractivity contribution is -0.121. The quantitative estimate of drug-likeness (QED) is 0.417. The normalized spacial score (nSPS) is 14.7. The fourth-order valence-electron chi connectivity index (χ4n) is 3.92. The van der Waals surface area contributed by atoms with Crippen molar-refractivity contribution in [3.8, 4) is 17.2 Å². The highest BCUT2D eigenvalue weighted by molar-refractivity contribution is 5.85. The van der Waals surface area contributed by atoms with Gasteiger partial charge < -0.3 is 24.5 Å². The first-order valence-electron chi connectivity index (χ1n) is 11.2. The first kappa shape index (κ1) is 20.9. The predicted octanol–water partition coefficient (Wildman–Crippen LogP) is 4.64. The molecular weight excluding hydrogens is 416 g/mol. The van der Waals surface area contributed by atoms with Crippen molar-refractivity contribution in [1.82, 2.24) is 10.3 Å². The molecule has 1 unspecified atom stereocenters. The molecule has 3 aromatic carbocycles. The smallest absolute Gasteiger partial charge is 0.220 e. The van der Waals surface area contributed by atoms with E-state index in [0.717, 1.165) is 33.5 Å². The van der Waals surface area contributed by atoms with E-state index < -0.39 is 0 Å². The van der Waals surface area contributed by atoms with Gasteiger partial charge in [0.2, 0.25) is 5.91 Å². The van der Waals surface area contributed by atoms with E-state index in [9.17, 15) is 4.79 Å². The number of benzene rings is 3. The van der Waals surface area contributed by atoms with Gasteiger partial charge in [-0.05, 0) is 47.9 Å². The molecule has 0 aliphatic carbocycles. The Hall–Kier alpha value is -3.93. The van der Waals surface area contributed by atoms with Crippen molar-refractivity contribution in [3.05, 3.63) is 90.1 Å². The van der Waals surface area contributed by atoms with E-state index in [1.807, 2.05) is 79.0 Å². The lowest BCUT2D eigenvalue weighted by Crippen LogP contribution is -2.40. The molecule has 0 radical (unpaired) electrons. The summed E-state index contributed by atoms with van der Waals surface area (Å²) in [6.07, 6.45) is 2.81. The van der Waals surface area contributed by atoms with Crippen LogP contribution in [0.4, 0.5) is 0 Å². The Kier molecular flexibility index (Phi) is 6.15. The van der Waals surface area contributed by atoms with Gasteiger partial charge in [-0.3, -0.25) is 4.79 Å². The van der Waals surface area contributed by atoms with Crippen molar-refractivity contribution in [1.29, 1.82) is 0 Å². The highest BCUT2D eigenvalue weighted by atomic mass is 16.6. The van der Waals surface area contributed by atoms with Crippen molar-refractivity contribution in [2.45, 2.75) is 25.6 Å². The maximum atomic E-state index is 12.4. The zero-order chi connectivity index (χ0) is 22.5. The number of hydrogen-bond acceptors (Lipinski definition) is 4. The van der Waals surface area contributed by atoms with E-state index in [0.29, 0.717) is 38.3 Å². The fraction of sp³-hybridized carbons (Fsp3) is 0.222. The molecule has 6 nitrogen and oxygen atoms in total. The Balaban J connectivity index is 1.14. The van der Waals surface area contributed by atoms with Gasteiger partial charge in [0.25, 0.3) is 0 Å². The summed E-state index contributed by atoms with van der Waals surface area (Å²) in [5.41, 5.74) is 3.25. The molecule has 1 atom stereocenters. The summed E-state index contributed by atoms with van der Waals surface area (Å²) < 4.78 is 17.6. The molecular formula is C27H26N2O4. The van der Waals surface area contributed by atoms with Crippen LogP contribution in [0, 0.1) is 0 Å². The van der Waals surface area contributed by atoms with Crippen molar-refractivity contribution in [2.75, 3.05) is 13.2 Å². The average molecular weight is 443 g/mol. The molecule has 4 aromatic rings. The molecule has 0 bridgehead atoms. The number of fused-ring (bicyclic) bond motifs is 2. The SMILES string of the molecule is O=C(CCc1c[nH]c2ccc(OCc3ccccc3)cc12)NCC1COc2ccccc2O1. The number of aromatic amines is 1. The third-order valence-electron chi connectivity index (χ3n) is 5.70. The van der Waals surface area contributed by atoms with Crippen LogP contribution in [-0.2, 0) is 17.8 Å². The summed E-state index contributed by atoms with van der Waals surface area (Å²) in [7, 11) is 0. The van der Waals surface area contributed by atoms with Gasteiger partial charge in [0.1, 0.15) is 25.1 Å². The Morgan fingerprint density at radius 3 is 2.73 bits per heavy atom. The Labute approximate surface area is 192 Å². The molecule has 0 saturated carbocycles. The van der Waals surface area contributed by atoms with Gasteiger partial charge in [-0.2, -0.15) is 0 Å². The van der Waals surface area contributed by atoms with E-state index in [-0.39, 0.29) is 12.0 Å². The van der Waals surface area contributed by atoms with E-state index in [2.05, 4.69) is 10.3 Å². The number of amides is 1. The Morgan fingerprint density at radius 2 is 1.85 bits per heavy atom. The summed E-state index contributed by atoms with van der Waals surface area (Å²) in [6, 6.07) is 23.7. The minimum Gasteiger partial charge on any atom is -0.489 e. The third-order valence-corrected chi connectivity index (χ3v) is 5.70. The van der Waals surface area contributed by atoms with Crippen LogP contribution < -0.4 is 19.5 Å². The standard InChI is InChI=1S/C27H26N2O4/c30-27(29-16-22-18-32-25-8-4-5-9-26(25)33-22)13-10-20-15-28-24-12-11-21(14-23(20)24)31-17-19-6-2-1-3-7-19/h1-9,11-12,14-15,22,28H,10,13,16-18H2,(H,29,30). The lowest BCUT2D eigenvalue weighted by atomic mass is 10.1. The second-order valence-electron chi connectivity index (χ2n) is 8.10. The predicted molar refractivity (Wildman–Crippen MR) is 127 cm³/mol. The molecule has 0 fully saturated rings. The first-order chi connectivity index (χ1) is 16.2. The van der Waals surface area contributed by atoms with Crippen LogP contribution in [0.15, 0.2) is 79.0 Å². The Morgan fingerprint density at radius 1 is 1.03 bits per heavy atom. The maximum absolute atomic E-state index is 12.4. The average Bonchev–Trinajstić information content (AvgIpc) is 3.27. The molecule has 1 aliphatic heterocycles. The number of H-pyrrole nitrogens is 1. The molecule has 1 amide bonds. The molecule has 168 valence electrons. The number of rotatable bonds is 8. The number of nitrogens with one attached hydrogen (secondary N) is 2.